The number of pyridine rings is 1. The molecule has 4 heteroatoms. The molecular weight excluding hydrogens is 707 g/mol. The topological polar surface area (TPSA) is 50.9 Å². The van der Waals surface area contributed by atoms with Crippen molar-refractivity contribution in [1.29, 1.82) is 0 Å². The first-order valence-electron chi connectivity index (χ1n) is 20.3. The monoisotopic (exact) mass is 759 g/mol. The van der Waals surface area contributed by atoms with E-state index < -0.39 is 0 Å². The molecule has 0 radical (unpaired) electrons. The van der Waals surface area contributed by atoms with Crippen molar-refractivity contribution >= 4 is 11.0 Å². The van der Waals surface area contributed by atoms with Gasteiger partial charge in [-0.1, -0.05) is 159 Å². The number of aromatic nitrogens is 3. The van der Waals surface area contributed by atoms with Gasteiger partial charge >= 0.3 is 0 Å². The predicted octanol–water partition coefficient (Wildman–Crippen LogP) is 13.9. The van der Waals surface area contributed by atoms with E-state index in [4.69, 9.17) is 9.97 Å². The van der Waals surface area contributed by atoms with Gasteiger partial charge in [-0.15, -0.1) is 0 Å². The SMILES string of the molecule is Cn1c(-c2cc(C(C)(C)C)cc(C(C)(C)C)c2O)nc2c(-c3cc(-c4ccc(C(C)(C)c5ccccc5)cc4)cc(-c4cc(-c5ccccc5)ccn4)c3)cccc21. The van der Waals surface area contributed by atoms with E-state index in [1.807, 2.05) is 19.3 Å². The van der Waals surface area contributed by atoms with Gasteiger partial charge < -0.3 is 9.67 Å². The molecule has 0 bridgehead atoms. The average Bonchev–Trinajstić information content (AvgIpc) is 3.56. The molecular formula is C54H53N3O. The van der Waals surface area contributed by atoms with Gasteiger partial charge in [0.15, 0.2) is 0 Å². The lowest BCUT2D eigenvalue weighted by Gasteiger charge is -2.27. The summed E-state index contributed by atoms with van der Waals surface area (Å²) in [4.78, 5) is 10.3. The number of phenols is 1. The standard InChI is InChI=1S/C54H53N3O/c1-52(2,3)43-33-45(50(58)46(34-43)53(4,5)6)51-56-49-44(21-16-22-48(49)57(51)9)39-29-38(36-23-25-42(26-24-36)54(7,8)41-19-14-11-15-20-41)30-40(31-39)47-32-37(27-28-55-47)35-17-12-10-13-18-35/h10-34,58H,1-9H3. The summed E-state index contributed by atoms with van der Waals surface area (Å²) in [5.41, 5.74) is 15.2. The van der Waals surface area contributed by atoms with Crippen LogP contribution in [-0.4, -0.2) is 19.6 Å². The van der Waals surface area contributed by atoms with Gasteiger partial charge in [-0.05, 0) is 97.8 Å². The normalized spacial score (nSPS) is 12.3. The van der Waals surface area contributed by atoms with Crippen LogP contribution in [0.1, 0.15) is 77.6 Å². The Balaban J connectivity index is 1.31. The highest BCUT2D eigenvalue weighted by Crippen LogP contribution is 2.44. The Bertz CT molecular complexity index is 2760. The summed E-state index contributed by atoms with van der Waals surface area (Å²) in [6, 6.07) is 51.9. The van der Waals surface area contributed by atoms with Crippen molar-refractivity contribution in [2.75, 3.05) is 0 Å². The third-order valence-corrected chi connectivity index (χ3v) is 11.8. The van der Waals surface area contributed by atoms with Crippen LogP contribution in [-0.2, 0) is 23.3 Å². The van der Waals surface area contributed by atoms with Crippen molar-refractivity contribution in [3.05, 3.63) is 174 Å². The number of rotatable bonds is 7. The van der Waals surface area contributed by atoms with Gasteiger partial charge in [0.2, 0.25) is 0 Å². The highest BCUT2D eigenvalue weighted by atomic mass is 16.3. The van der Waals surface area contributed by atoms with Crippen molar-refractivity contribution < 1.29 is 5.11 Å². The number of hydrogen-bond acceptors (Lipinski definition) is 3. The highest BCUT2D eigenvalue weighted by Gasteiger charge is 2.28. The first-order chi connectivity index (χ1) is 27.6. The number of fused-ring (bicyclic) bond motifs is 1. The molecule has 6 aromatic carbocycles. The number of para-hydroxylation sites is 1. The lowest BCUT2D eigenvalue weighted by molar-refractivity contribution is 0.446. The van der Waals surface area contributed by atoms with Crippen LogP contribution in [0.5, 0.6) is 5.75 Å². The van der Waals surface area contributed by atoms with Crippen molar-refractivity contribution in [1.82, 2.24) is 14.5 Å². The zero-order valence-electron chi connectivity index (χ0n) is 35.2. The van der Waals surface area contributed by atoms with Crippen molar-refractivity contribution in [3.63, 3.8) is 0 Å². The van der Waals surface area contributed by atoms with Crippen molar-refractivity contribution in [2.45, 2.75) is 71.6 Å². The van der Waals surface area contributed by atoms with Gasteiger partial charge in [0.05, 0.1) is 22.3 Å². The Hall–Kier alpha value is -6.26. The molecule has 2 aromatic heterocycles. The minimum Gasteiger partial charge on any atom is -0.507 e. The van der Waals surface area contributed by atoms with E-state index in [0.29, 0.717) is 0 Å². The Morgan fingerprint density at radius 3 is 1.78 bits per heavy atom. The van der Waals surface area contributed by atoms with E-state index in [0.717, 1.165) is 72.6 Å². The number of imidazole rings is 1. The largest absolute Gasteiger partial charge is 0.507 e. The van der Waals surface area contributed by atoms with Gasteiger partial charge in [-0.2, -0.15) is 0 Å². The number of benzene rings is 6. The molecule has 0 amide bonds. The fraction of sp³-hybridized carbons (Fsp3) is 0.222. The van der Waals surface area contributed by atoms with Gasteiger partial charge in [0, 0.05) is 35.3 Å². The Labute approximate surface area is 343 Å². The van der Waals surface area contributed by atoms with Crippen LogP contribution in [0.15, 0.2) is 152 Å². The molecule has 0 fully saturated rings. The lowest BCUT2D eigenvalue weighted by atomic mass is 9.78. The Kier molecular flexibility index (Phi) is 9.72. The van der Waals surface area contributed by atoms with Crippen LogP contribution in [0.25, 0.3) is 67.1 Å². The molecule has 0 aliphatic heterocycles. The van der Waals surface area contributed by atoms with E-state index in [1.165, 1.54) is 16.7 Å². The predicted molar refractivity (Wildman–Crippen MR) is 243 cm³/mol. The zero-order valence-corrected chi connectivity index (χ0v) is 35.2. The van der Waals surface area contributed by atoms with Crippen molar-refractivity contribution in [2.24, 2.45) is 7.05 Å². The van der Waals surface area contributed by atoms with E-state index in [1.54, 1.807) is 0 Å². The second-order valence-corrected chi connectivity index (χ2v) is 18.3. The molecule has 8 rings (SSSR count). The third-order valence-electron chi connectivity index (χ3n) is 11.8. The summed E-state index contributed by atoms with van der Waals surface area (Å²) in [5.74, 6) is 1.02. The molecule has 58 heavy (non-hydrogen) atoms. The molecule has 0 aliphatic rings. The molecule has 0 atom stereocenters. The Morgan fingerprint density at radius 2 is 1.10 bits per heavy atom. The first-order valence-corrected chi connectivity index (χ1v) is 20.3. The van der Waals surface area contributed by atoms with E-state index in [9.17, 15) is 5.11 Å². The van der Waals surface area contributed by atoms with Gasteiger partial charge in [-0.3, -0.25) is 4.98 Å². The molecule has 0 spiro atoms. The second-order valence-electron chi connectivity index (χ2n) is 18.3. The van der Waals surface area contributed by atoms with E-state index in [2.05, 4.69) is 199 Å². The summed E-state index contributed by atoms with van der Waals surface area (Å²) >= 11 is 0. The fourth-order valence-electron chi connectivity index (χ4n) is 8.10. The summed E-state index contributed by atoms with van der Waals surface area (Å²) in [5, 5.41) is 11.9. The molecule has 4 nitrogen and oxygen atoms in total. The van der Waals surface area contributed by atoms with Crippen LogP contribution in [0.4, 0.5) is 0 Å². The van der Waals surface area contributed by atoms with Crippen LogP contribution < -0.4 is 0 Å². The molecule has 1 N–H and O–H groups in total. The quantitative estimate of drug-likeness (QED) is 0.176. The minimum atomic E-state index is -0.256. The van der Waals surface area contributed by atoms with Gasteiger partial charge in [0.1, 0.15) is 11.6 Å². The summed E-state index contributed by atoms with van der Waals surface area (Å²) in [6.07, 6.45) is 1.90. The molecule has 0 saturated heterocycles. The number of phenolic OH excluding ortho intramolecular Hbond substituents is 1. The Morgan fingerprint density at radius 1 is 0.483 bits per heavy atom. The van der Waals surface area contributed by atoms with Crippen LogP contribution >= 0.6 is 0 Å². The van der Waals surface area contributed by atoms with Crippen LogP contribution in [0.3, 0.4) is 0 Å². The fourth-order valence-corrected chi connectivity index (χ4v) is 8.10. The summed E-state index contributed by atoms with van der Waals surface area (Å²) < 4.78 is 2.12. The van der Waals surface area contributed by atoms with E-state index >= 15 is 0 Å². The number of aromatic hydroxyl groups is 1. The number of aryl methyl sites for hydroxylation is 1. The van der Waals surface area contributed by atoms with Crippen LogP contribution in [0.2, 0.25) is 0 Å². The average molecular weight is 760 g/mol. The maximum Gasteiger partial charge on any atom is 0.144 e. The zero-order chi connectivity index (χ0) is 41.0. The molecule has 2 heterocycles. The minimum absolute atomic E-state index is 0.115. The molecule has 0 unspecified atom stereocenters. The van der Waals surface area contributed by atoms with Gasteiger partial charge in [0.25, 0.3) is 0 Å². The molecule has 8 aromatic rings. The van der Waals surface area contributed by atoms with Crippen LogP contribution in [0, 0.1) is 0 Å². The number of nitrogens with zero attached hydrogens (tertiary/aromatic N) is 3. The smallest absolute Gasteiger partial charge is 0.144 e. The maximum atomic E-state index is 11.9. The van der Waals surface area contributed by atoms with Gasteiger partial charge in [-0.25, -0.2) is 4.98 Å². The summed E-state index contributed by atoms with van der Waals surface area (Å²) in [7, 11) is 2.05. The number of hydrogen-bond donors (Lipinski definition) is 1. The lowest BCUT2D eigenvalue weighted by Crippen LogP contribution is -2.18. The third kappa shape index (κ3) is 7.24. The first kappa shape index (κ1) is 38.6. The molecule has 0 aliphatic carbocycles. The second kappa shape index (κ2) is 14.6. The maximum absolute atomic E-state index is 11.9. The highest BCUT2D eigenvalue weighted by molar-refractivity contribution is 5.96. The summed E-state index contributed by atoms with van der Waals surface area (Å²) in [6.45, 7) is 17.7. The van der Waals surface area contributed by atoms with E-state index in [-0.39, 0.29) is 22.0 Å². The molecule has 0 saturated carbocycles. The van der Waals surface area contributed by atoms with Crippen molar-refractivity contribution in [3.8, 4) is 61.8 Å². The molecule has 290 valence electrons.